The summed E-state index contributed by atoms with van der Waals surface area (Å²) >= 11 is 5.95. The molecule has 0 aliphatic heterocycles. The lowest BCUT2D eigenvalue weighted by Crippen LogP contribution is -2.25. The maximum absolute atomic E-state index is 12.6. The van der Waals surface area contributed by atoms with E-state index < -0.39 is 10.0 Å². The average molecular weight is 415 g/mol. The van der Waals surface area contributed by atoms with Gasteiger partial charge in [0.05, 0.1) is 16.1 Å². The van der Waals surface area contributed by atoms with E-state index >= 15 is 0 Å². The number of hydrogen-bond acceptors (Lipinski definition) is 3. The largest absolute Gasteiger partial charge is 0.348 e. The van der Waals surface area contributed by atoms with Gasteiger partial charge in [0, 0.05) is 11.6 Å². The molecule has 5 nitrogen and oxygen atoms in total. The fourth-order valence-corrected chi connectivity index (χ4v) is 3.91. The molecule has 7 heteroatoms. The molecule has 3 rings (SSSR count). The van der Waals surface area contributed by atoms with Gasteiger partial charge in [-0.1, -0.05) is 53.6 Å². The Bertz CT molecular complexity index is 1100. The molecule has 28 heavy (non-hydrogen) atoms. The van der Waals surface area contributed by atoms with Gasteiger partial charge in [-0.3, -0.25) is 9.52 Å². The van der Waals surface area contributed by atoms with Crippen molar-refractivity contribution in [3.05, 3.63) is 94.5 Å². The standard InChI is InChI=1S/C21H19ClN2O3S/c1-15-9-11-18(12-10-15)28(26,27)24-20-8-3-2-7-19(20)21(25)23-14-16-5-4-6-17(22)13-16/h2-13,24H,14H2,1H3,(H,23,25). The fraction of sp³-hybridized carbons (Fsp3) is 0.0952. The smallest absolute Gasteiger partial charge is 0.261 e. The molecule has 144 valence electrons. The second kappa shape index (κ2) is 8.46. The molecule has 3 aromatic carbocycles. The lowest BCUT2D eigenvalue weighted by atomic mass is 10.1. The molecule has 1 amide bonds. The van der Waals surface area contributed by atoms with Crippen molar-refractivity contribution in [3.63, 3.8) is 0 Å². The number of aryl methyl sites for hydroxylation is 1. The third kappa shape index (κ3) is 4.91. The van der Waals surface area contributed by atoms with E-state index in [4.69, 9.17) is 11.6 Å². The van der Waals surface area contributed by atoms with Crippen LogP contribution in [0.5, 0.6) is 0 Å². The van der Waals surface area contributed by atoms with Crippen molar-refractivity contribution >= 4 is 33.2 Å². The first kappa shape index (κ1) is 19.9. The molecule has 0 fully saturated rings. The Labute approximate surface area is 169 Å². The van der Waals surface area contributed by atoms with Gasteiger partial charge in [-0.05, 0) is 48.9 Å². The SMILES string of the molecule is Cc1ccc(S(=O)(=O)Nc2ccccc2C(=O)NCc2cccc(Cl)c2)cc1. The summed E-state index contributed by atoms with van der Waals surface area (Å²) in [5, 5.41) is 3.36. The minimum atomic E-state index is -3.81. The number of halogens is 1. The number of carbonyl (C=O) groups excluding carboxylic acids is 1. The number of amides is 1. The third-order valence-corrected chi connectivity index (χ3v) is 5.71. The summed E-state index contributed by atoms with van der Waals surface area (Å²) in [6.07, 6.45) is 0. The van der Waals surface area contributed by atoms with E-state index in [2.05, 4.69) is 10.0 Å². The number of nitrogens with one attached hydrogen (secondary N) is 2. The van der Waals surface area contributed by atoms with Crippen LogP contribution >= 0.6 is 11.6 Å². The summed E-state index contributed by atoms with van der Waals surface area (Å²) in [6, 6.07) is 20.1. The highest BCUT2D eigenvalue weighted by molar-refractivity contribution is 7.92. The lowest BCUT2D eigenvalue weighted by molar-refractivity contribution is 0.0952. The van der Waals surface area contributed by atoms with Gasteiger partial charge < -0.3 is 5.32 Å². The number of carbonyl (C=O) groups is 1. The minimum Gasteiger partial charge on any atom is -0.348 e. The summed E-state index contributed by atoms with van der Waals surface area (Å²) < 4.78 is 27.8. The van der Waals surface area contributed by atoms with Crippen molar-refractivity contribution < 1.29 is 13.2 Å². The van der Waals surface area contributed by atoms with E-state index in [9.17, 15) is 13.2 Å². The summed E-state index contributed by atoms with van der Waals surface area (Å²) in [5.41, 5.74) is 2.25. The minimum absolute atomic E-state index is 0.132. The topological polar surface area (TPSA) is 75.3 Å². The Morgan fingerprint density at radius 3 is 2.39 bits per heavy atom. The molecule has 0 saturated heterocycles. The van der Waals surface area contributed by atoms with Crippen LogP contribution in [0.25, 0.3) is 0 Å². The first-order chi connectivity index (χ1) is 13.3. The molecule has 0 atom stereocenters. The van der Waals surface area contributed by atoms with Crippen LogP contribution in [0.1, 0.15) is 21.5 Å². The Kier molecular flexibility index (Phi) is 6.02. The molecule has 0 saturated carbocycles. The molecule has 0 heterocycles. The lowest BCUT2D eigenvalue weighted by Gasteiger charge is -2.13. The van der Waals surface area contributed by atoms with Gasteiger partial charge in [0.2, 0.25) is 0 Å². The van der Waals surface area contributed by atoms with E-state index in [1.54, 1.807) is 54.6 Å². The summed E-state index contributed by atoms with van der Waals surface area (Å²) in [5.74, 6) is -0.387. The molecule has 0 aliphatic carbocycles. The Balaban J connectivity index is 1.78. The van der Waals surface area contributed by atoms with E-state index in [1.165, 1.54) is 12.1 Å². The number of anilines is 1. The molecule has 0 aromatic heterocycles. The van der Waals surface area contributed by atoms with Crippen LogP contribution in [0, 0.1) is 6.92 Å². The summed E-state index contributed by atoms with van der Waals surface area (Å²) in [6.45, 7) is 2.15. The molecule has 0 aliphatic rings. The average Bonchev–Trinajstić information content (AvgIpc) is 2.67. The van der Waals surface area contributed by atoms with E-state index in [-0.39, 0.29) is 28.6 Å². The van der Waals surface area contributed by atoms with Gasteiger partial charge in [0.15, 0.2) is 0 Å². The second-order valence-electron chi connectivity index (χ2n) is 6.28. The van der Waals surface area contributed by atoms with Crippen molar-refractivity contribution in [1.82, 2.24) is 5.32 Å². The highest BCUT2D eigenvalue weighted by Gasteiger charge is 2.18. The van der Waals surface area contributed by atoms with E-state index in [0.29, 0.717) is 5.02 Å². The van der Waals surface area contributed by atoms with Gasteiger partial charge >= 0.3 is 0 Å². The molecule has 2 N–H and O–H groups in total. The Hall–Kier alpha value is -2.83. The van der Waals surface area contributed by atoms with Crippen LogP contribution in [-0.2, 0) is 16.6 Å². The highest BCUT2D eigenvalue weighted by atomic mass is 35.5. The van der Waals surface area contributed by atoms with Gasteiger partial charge in [-0.25, -0.2) is 8.42 Å². The van der Waals surface area contributed by atoms with Gasteiger partial charge in [0.1, 0.15) is 0 Å². The van der Waals surface area contributed by atoms with Crippen LogP contribution < -0.4 is 10.0 Å². The summed E-state index contributed by atoms with van der Waals surface area (Å²) in [7, 11) is -3.81. The van der Waals surface area contributed by atoms with Crippen molar-refractivity contribution in [1.29, 1.82) is 0 Å². The Morgan fingerprint density at radius 2 is 1.68 bits per heavy atom. The monoisotopic (exact) mass is 414 g/mol. The van der Waals surface area contributed by atoms with Gasteiger partial charge in [0.25, 0.3) is 15.9 Å². The molecule has 0 bridgehead atoms. The fourth-order valence-electron chi connectivity index (χ4n) is 2.62. The zero-order chi connectivity index (χ0) is 20.1. The predicted octanol–water partition coefficient (Wildman–Crippen LogP) is 4.38. The van der Waals surface area contributed by atoms with Crippen molar-refractivity contribution in [2.75, 3.05) is 4.72 Å². The number of rotatable bonds is 6. The predicted molar refractivity (Wildman–Crippen MR) is 111 cm³/mol. The van der Waals surface area contributed by atoms with Crippen LogP contribution in [0.4, 0.5) is 5.69 Å². The zero-order valence-electron chi connectivity index (χ0n) is 15.1. The van der Waals surface area contributed by atoms with Crippen molar-refractivity contribution in [2.45, 2.75) is 18.4 Å². The highest BCUT2D eigenvalue weighted by Crippen LogP contribution is 2.21. The number of benzene rings is 3. The van der Waals surface area contributed by atoms with Crippen LogP contribution in [-0.4, -0.2) is 14.3 Å². The number of para-hydroxylation sites is 1. The van der Waals surface area contributed by atoms with Gasteiger partial charge in [-0.15, -0.1) is 0 Å². The molecular formula is C21H19ClN2O3S. The van der Waals surface area contributed by atoms with Crippen molar-refractivity contribution in [2.24, 2.45) is 0 Å². The maximum atomic E-state index is 12.6. The van der Waals surface area contributed by atoms with E-state index in [1.807, 2.05) is 13.0 Å². The zero-order valence-corrected chi connectivity index (χ0v) is 16.7. The normalized spacial score (nSPS) is 11.1. The molecule has 3 aromatic rings. The van der Waals surface area contributed by atoms with Crippen LogP contribution in [0.2, 0.25) is 5.02 Å². The maximum Gasteiger partial charge on any atom is 0.261 e. The Morgan fingerprint density at radius 1 is 0.964 bits per heavy atom. The number of sulfonamides is 1. The third-order valence-electron chi connectivity index (χ3n) is 4.09. The van der Waals surface area contributed by atoms with Gasteiger partial charge in [-0.2, -0.15) is 0 Å². The van der Waals surface area contributed by atoms with Crippen molar-refractivity contribution in [3.8, 4) is 0 Å². The molecule has 0 spiro atoms. The van der Waals surface area contributed by atoms with Crippen LogP contribution in [0.3, 0.4) is 0 Å². The second-order valence-corrected chi connectivity index (χ2v) is 8.40. The van der Waals surface area contributed by atoms with Crippen LogP contribution in [0.15, 0.2) is 77.7 Å². The first-order valence-electron chi connectivity index (χ1n) is 8.56. The van der Waals surface area contributed by atoms with E-state index in [0.717, 1.165) is 11.1 Å². The molecule has 0 unspecified atom stereocenters. The molecule has 0 radical (unpaired) electrons. The number of hydrogen-bond donors (Lipinski definition) is 2. The molecular weight excluding hydrogens is 396 g/mol. The summed E-state index contributed by atoms with van der Waals surface area (Å²) in [4.78, 5) is 12.7. The quantitative estimate of drug-likeness (QED) is 0.628. The first-order valence-corrected chi connectivity index (χ1v) is 10.4.